The molecule has 1 aliphatic heterocycles. The summed E-state index contributed by atoms with van der Waals surface area (Å²) in [6.45, 7) is 6.04. The lowest BCUT2D eigenvalue weighted by molar-refractivity contribution is 0.0372. The Hall–Kier alpha value is -1.17. The third-order valence-electron chi connectivity index (χ3n) is 4.43. The van der Waals surface area contributed by atoms with E-state index < -0.39 is 9.84 Å². The van der Waals surface area contributed by atoms with E-state index in [0.717, 1.165) is 32.4 Å². The molecule has 0 bridgehead atoms. The molecule has 5 heteroatoms. The average Bonchev–Trinajstić information content (AvgIpc) is 2.54. The van der Waals surface area contributed by atoms with Crippen molar-refractivity contribution in [1.82, 2.24) is 4.90 Å². The summed E-state index contributed by atoms with van der Waals surface area (Å²) >= 11 is 0. The maximum Gasteiger partial charge on any atom is 0.179 e. The summed E-state index contributed by atoms with van der Waals surface area (Å²) < 4.78 is 24.7. The molecule has 0 amide bonds. The summed E-state index contributed by atoms with van der Waals surface area (Å²) in [5, 5.41) is 9.70. The molecule has 1 fully saturated rings. The fourth-order valence-electron chi connectivity index (χ4n) is 3.16. The topological polar surface area (TPSA) is 57.6 Å². The van der Waals surface area contributed by atoms with Gasteiger partial charge >= 0.3 is 0 Å². The number of hydrogen-bond acceptors (Lipinski definition) is 4. The summed E-state index contributed by atoms with van der Waals surface area (Å²) in [7, 11) is -3.24. The van der Waals surface area contributed by atoms with Crippen molar-refractivity contribution in [3.8, 4) is 0 Å². The first-order valence-electron chi connectivity index (χ1n) is 7.73. The van der Waals surface area contributed by atoms with Crippen LogP contribution in [-0.2, 0) is 9.84 Å². The van der Waals surface area contributed by atoms with Gasteiger partial charge in [-0.3, -0.25) is 0 Å². The molecule has 0 saturated carbocycles. The molecule has 122 valence electrons. The molecule has 0 unspecified atom stereocenters. The highest BCUT2D eigenvalue weighted by atomic mass is 32.2. The number of hydrogen-bond donors (Lipinski definition) is 1. The standard InChI is InChI=1S/C17H25NO3S/c1-2-9-17(15-19)10-6-11-18(14-17)12-13-22(20,21)16-7-4-3-5-8-16/h2-5,7-8,19H,1,6,9-15H2/t17-/m1/s1. The van der Waals surface area contributed by atoms with Crippen molar-refractivity contribution in [1.29, 1.82) is 0 Å². The Morgan fingerprint density at radius 1 is 1.32 bits per heavy atom. The second-order valence-corrected chi connectivity index (χ2v) is 8.27. The highest BCUT2D eigenvalue weighted by molar-refractivity contribution is 7.91. The van der Waals surface area contributed by atoms with Gasteiger partial charge in [0.1, 0.15) is 0 Å². The Balaban J connectivity index is 1.98. The average molecular weight is 323 g/mol. The Bertz CT molecular complexity index is 585. The monoisotopic (exact) mass is 323 g/mol. The molecule has 1 aromatic rings. The first-order chi connectivity index (χ1) is 10.5. The van der Waals surface area contributed by atoms with Crippen LogP contribution in [-0.4, -0.2) is 50.4 Å². The SMILES string of the molecule is C=CC[C@@]1(CO)CCCN(CCS(=O)(=O)c2ccccc2)C1. The van der Waals surface area contributed by atoms with Crippen LogP contribution in [0.15, 0.2) is 47.9 Å². The van der Waals surface area contributed by atoms with Crippen molar-refractivity contribution in [2.24, 2.45) is 5.41 Å². The quantitative estimate of drug-likeness (QED) is 0.781. The molecule has 1 heterocycles. The van der Waals surface area contributed by atoms with Crippen molar-refractivity contribution in [2.45, 2.75) is 24.2 Å². The maximum atomic E-state index is 12.3. The normalized spacial score (nSPS) is 23.3. The van der Waals surface area contributed by atoms with Crippen LogP contribution in [0.4, 0.5) is 0 Å². The lowest BCUT2D eigenvalue weighted by Gasteiger charge is -2.41. The Kier molecular flexibility index (Phi) is 5.78. The summed E-state index contributed by atoms with van der Waals surface area (Å²) in [6.07, 6.45) is 4.57. The van der Waals surface area contributed by atoms with E-state index in [4.69, 9.17) is 0 Å². The third kappa shape index (κ3) is 4.18. The van der Waals surface area contributed by atoms with E-state index in [9.17, 15) is 13.5 Å². The second-order valence-electron chi connectivity index (χ2n) is 6.16. The van der Waals surface area contributed by atoms with Gasteiger partial charge in [0.15, 0.2) is 9.84 Å². The van der Waals surface area contributed by atoms with Crippen molar-refractivity contribution >= 4 is 9.84 Å². The molecule has 4 nitrogen and oxygen atoms in total. The van der Waals surface area contributed by atoms with Gasteiger partial charge in [0.25, 0.3) is 0 Å². The number of aliphatic hydroxyl groups is 1. The number of aliphatic hydroxyl groups excluding tert-OH is 1. The van der Waals surface area contributed by atoms with Gasteiger partial charge in [-0.05, 0) is 37.9 Å². The van der Waals surface area contributed by atoms with Crippen LogP contribution in [0.3, 0.4) is 0 Å². The van der Waals surface area contributed by atoms with Crippen LogP contribution >= 0.6 is 0 Å². The zero-order valence-corrected chi connectivity index (χ0v) is 13.8. The molecule has 1 aliphatic rings. The van der Waals surface area contributed by atoms with E-state index in [1.165, 1.54) is 0 Å². The van der Waals surface area contributed by atoms with Gasteiger partial charge in [-0.1, -0.05) is 24.3 Å². The van der Waals surface area contributed by atoms with Crippen LogP contribution in [0.5, 0.6) is 0 Å². The van der Waals surface area contributed by atoms with Gasteiger partial charge in [0.2, 0.25) is 0 Å². The van der Waals surface area contributed by atoms with Gasteiger partial charge < -0.3 is 10.0 Å². The van der Waals surface area contributed by atoms with Gasteiger partial charge in [0, 0.05) is 18.5 Å². The minimum atomic E-state index is -3.24. The molecule has 1 aromatic carbocycles. The summed E-state index contributed by atoms with van der Waals surface area (Å²) in [6, 6.07) is 8.58. The maximum absolute atomic E-state index is 12.3. The van der Waals surface area contributed by atoms with E-state index in [1.54, 1.807) is 24.3 Å². The Morgan fingerprint density at radius 3 is 2.68 bits per heavy atom. The molecule has 1 N–H and O–H groups in total. The molecule has 0 radical (unpaired) electrons. The second kappa shape index (κ2) is 7.40. The van der Waals surface area contributed by atoms with Crippen molar-refractivity contribution in [3.05, 3.63) is 43.0 Å². The van der Waals surface area contributed by atoms with Gasteiger partial charge in [0.05, 0.1) is 17.3 Å². The number of rotatable bonds is 7. The molecule has 2 rings (SSSR count). The number of sulfone groups is 1. The molecule has 1 saturated heterocycles. The number of nitrogens with zero attached hydrogens (tertiary/aromatic N) is 1. The highest BCUT2D eigenvalue weighted by Crippen LogP contribution is 2.33. The first-order valence-corrected chi connectivity index (χ1v) is 9.38. The molecule has 0 aliphatic carbocycles. The van der Waals surface area contributed by atoms with Gasteiger partial charge in [-0.2, -0.15) is 0 Å². The molecule has 22 heavy (non-hydrogen) atoms. The van der Waals surface area contributed by atoms with Crippen LogP contribution in [0, 0.1) is 5.41 Å². The number of allylic oxidation sites excluding steroid dienone is 1. The van der Waals surface area contributed by atoms with Crippen molar-refractivity contribution < 1.29 is 13.5 Å². The first kappa shape index (κ1) is 17.2. The summed E-state index contributed by atoms with van der Waals surface area (Å²) in [5.41, 5.74) is -0.156. The number of piperidine rings is 1. The van der Waals surface area contributed by atoms with E-state index in [0.29, 0.717) is 11.4 Å². The summed E-state index contributed by atoms with van der Waals surface area (Å²) in [5.74, 6) is 0.118. The lowest BCUT2D eigenvalue weighted by Crippen LogP contribution is -2.46. The molecule has 0 spiro atoms. The van der Waals surface area contributed by atoms with Gasteiger partial charge in [-0.15, -0.1) is 6.58 Å². The van der Waals surface area contributed by atoms with Crippen molar-refractivity contribution in [3.63, 3.8) is 0 Å². The zero-order chi connectivity index (χ0) is 16.1. The zero-order valence-electron chi connectivity index (χ0n) is 12.9. The molecular weight excluding hydrogens is 298 g/mol. The predicted octanol–water partition coefficient (Wildman–Crippen LogP) is 2.11. The fraction of sp³-hybridized carbons (Fsp3) is 0.529. The van der Waals surface area contributed by atoms with Crippen LogP contribution in [0.25, 0.3) is 0 Å². The Morgan fingerprint density at radius 2 is 2.05 bits per heavy atom. The third-order valence-corrected chi connectivity index (χ3v) is 6.14. The van der Waals surface area contributed by atoms with E-state index in [1.807, 2.05) is 12.1 Å². The van der Waals surface area contributed by atoms with Crippen LogP contribution in [0.1, 0.15) is 19.3 Å². The fourth-order valence-corrected chi connectivity index (χ4v) is 4.47. The van der Waals surface area contributed by atoms with Gasteiger partial charge in [-0.25, -0.2) is 8.42 Å². The highest BCUT2D eigenvalue weighted by Gasteiger charge is 2.34. The van der Waals surface area contributed by atoms with E-state index in [2.05, 4.69) is 11.5 Å². The lowest BCUT2D eigenvalue weighted by atomic mass is 9.78. The van der Waals surface area contributed by atoms with Crippen LogP contribution in [0.2, 0.25) is 0 Å². The minimum absolute atomic E-state index is 0.118. The molecular formula is C17H25NO3S. The van der Waals surface area contributed by atoms with Crippen LogP contribution < -0.4 is 0 Å². The van der Waals surface area contributed by atoms with E-state index in [-0.39, 0.29) is 17.8 Å². The molecule has 1 atom stereocenters. The van der Waals surface area contributed by atoms with E-state index >= 15 is 0 Å². The predicted molar refractivity (Wildman–Crippen MR) is 88.5 cm³/mol. The largest absolute Gasteiger partial charge is 0.396 e. The smallest absolute Gasteiger partial charge is 0.179 e. The Labute approximate surface area is 133 Å². The minimum Gasteiger partial charge on any atom is -0.396 e. The summed E-state index contributed by atoms with van der Waals surface area (Å²) in [4.78, 5) is 2.54. The number of benzene rings is 1. The number of likely N-dealkylation sites (tertiary alicyclic amines) is 1. The molecule has 0 aromatic heterocycles. The van der Waals surface area contributed by atoms with Crippen molar-refractivity contribution in [2.75, 3.05) is 32.0 Å².